The van der Waals surface area contributed by atoms with Crippen molar-refractivity contribution < 1.29 is 9.59 Å². The van der Waals surface area contributed by atoms with Crippen LogP contribution in [-0.4, -0.2) is 31.1 Å². The Labute approximate surface area is 121 Å². The molecule has 1 aliphatic carbocycles. The van der Waals surface area contributed by atoms with E-state index in [0.29, 0.717) is 12.5 Å². The number of nitrogens with one attached hydrogen (secondary N) is 3. The highest BCUT2D eigenvalue weighted by Gasteiger charge is 2.21. The van der Waals surface area contributed by atoms with Crippen molar-refractivity contribution in [1.29, 1.82) is 0 Å². The first kappa shape index (κ1) is 16.4. The maximum atomic E-state index is 11.7. The highest BCUT2D eigenvalue weighted by atomic mass is 16.2. The molecule has 0 aromatic carbocycles. The van der Waals surface area contributed by atoms with E-state index >= 15 is 0 Å². The number of carbonyl (C=O) groups excluding carboxylic acids is 2. The molecule has 0 aliphatic heterocycles. The van der Waals surface area contributed by atoms with E-state index in [-0.39, 0.29) is 30.9 Å². The molecule has 1 atom stereocenters. The maximum absolute atomic E-state index is 11.7. The predicted octanol–water partition coefficient (Wildman–Crippen LogP) is 1.39. The van der Waals surface area contributed by atoms with E-state index in [4.69, 9.17) is 6.42 Å². The number of hydrogen-bond donors (Lipinski definition) is 3. The smallest absolute Gasteiger partial charge is 0.315 e. The lowest BCUT2D eigenvalue weighted by atomic mass is 9.85. The van der Waals surface area contributed by atoms with Crippen molar-refractivity contribution in [1.82, 2.24) is 16.0 Å². The monoisotopic (exact) mass is 279 g/mol. The summed E-state index contributed by atoms with van der Waals surface area (Å²) >= 11 is 0. The van der Waals surface area contributed by atoms with Crippen molar-refractivity contribution in [2.24, 2.45) is 5.92 Å². The Kier molecular flexibility index (Phi) is 7.56. The van der Waals surface area contributed by atoms with Crippen molar-refractivity contribution in [3.05, 3.63) is 0 Å². The Morgan fingerprint density at radius 1 is 1.25 bits per heavy atom. The van der Waals surface area contributed by atoms with E-state index in [1.54, 1.807) is 0 Å². The molecular weight excluding hydrogens is 254 g/mol. The average Bonchev–Trinajstić information content (AvgIpc) is 2.46. The SMILES string of the molecule is C#CCNC(=O)CCNC(=O)NC(C)C1CCCCC1. The minimum atomic E-state index is -0.201. The number of urea groups is 1. The van der Waals surface area contributed by atoms with E-state index in [1.807, 2.05) is 0 Å². The Bertz CT molecular complexity index is 357. The van der Waals surface area contributed by atoms with Gasteiger partial charge in [-0.3, -0.25) is 4.79 Å². The number of terminal acetylenes is 1. The molecule has 0 radical (unpaired) electrons. The van der Waals surface area contributed by atoms with Gasteiger partial charge >= 0.3 is 6.03 Å². The van der Waals surface area contributed by atoms with Crippen LogP contribution in [0.15, 0.2) is 0 Å². The van der Waals surface area contributed by atoms with E-state index in [1.165, 1.54) is 32.1 Å². The molecule has 0 aromatic rings. The standard InChI is InChI=1S/C15H25N3O2/c1-3-10-16-14(19)9-11-17-15(20)18-12(2)13-7-5-4-6-8-13/h1,12-13H,4-11H2,2H3,(H,16,19)(H2,17,18,20). The zero-order valence-electron chi connectivity index (χ0n) is 12.2. The first-order valence-corrected chi connectivity index (χ1v) is 7.38. The number of rotatable bonds is 6. The van der Waals surface area contributed by atoms with E-state index in [0.717, 1.165) is 0 Å². The molecule has 0 heterocycles. The van der Waals surface area contributed by atoms with E-state index < -0.39 is 0 Å². The van der Waals surface area contributed by atoms with Gasteiger partial charge in [-0.25, -0.2) is 4.79 Å². The third-order valence-corrected chi connectivity index (χ3v) is 3.74. The molecule has 0 spiro atoms. The summed E-state index contributed by atoms with van der Waals surface area (Å²) in [5, 5.41) is 8.20. The molecule has 1 unspecified atom stereocenters. The van der Waals surface area contributed by atoms with Crippen LogP contribution < -0.4 is 16.0 Å². The highest BCUT2D eigenvalue weighted by Crippen LogP contribution is 2.26. The fraction of sp³-hybridized carbons (Fsp3) is 0.733. The summed E-state index contributed by atoms with van der Waals surface area (Å²) in [6, 6.07) is -0.0154. The van der Waals surface area contributed by atoms with Crippen LogP contribution in [0, 0.1) is 18.3 Å². The molecule has 1 saturated carbocycles. The molecular formula is C15H25N3O2. The molecule has 0 bridgehead atoms. The Morgan fingerprint density at radius 3 is 2.60 bits per heavy atom. The van der Waals surface area contributed by atoms with Crippen molar-refractivity contribution >= 4 is 11.9 Å². The van der Waals surface area contributed by atoms with Gasteiger partial charge in [0, 0.05) is 19.0 Å². The third-order valence-electron chi connectivity index (χ3n) is 3.74. The predicted molar refractivity (Wildman–Crippen MR) is 79.0 cm³/mol. The second kappa shape index (κ2) is 9.24. The summed E-state index contributed by atoms with van der Waals surface area (Å²) in [5.41, 5.74) is 0. The Morgan fingerprint density at radius 2 is 1.95 bits per heavy atom. The summed E-state index contributed by atoms with van der Waals surface area (Å²) in [7, 11) is 0. The Hall–Kier alpha value is -1.70. The summed E-state index contributed by atoms with van der Waals surface area (Å²) in [6.45, 7) is 2.60. The van der Waals surface area contributed by atoms with Gasteiger partial charge in [-0.05, 0) is 25.7 Å². The molecule has 3 N–H and O–H groups in total. The molecule has 0 saturated heterocycles. The van der Waals surface area contributed by atoms with Gasteiger partial charge in [0.2, 0.25) is 5.91 Å². The van der Waals surface area contributed by atoms with Crippen LogP contribution in [-0.2, 0) is 4.79 Å². The van der Waals surface area contributed by atoms with Gasteiger partial charge in [0.05, 0.1) is 6.54 Å². The largest absolute Gasteiger partial charge is 0.345 e. The number of amides is 3. The minimum absolute atomic E-state index is 0.149. The van der Waals surface area contributed by atoms with E-state index in [2.05, 4.69) is 28.8 Å². The van der Waals surface area contributed by atoms with Crippen LogP contribution in [0.3, 0.4) is 0 Å². The fourth-order valence-corrected chi connectivity index (χ4v) is 2.54. The molecule has 3 amide bonds. The van der Waals surface area contributed by atoms with Gasteiger partial charge in [-0.1, -0.05) is 25.2 Å². The summed E-state index contributed by atoms with van der Waals surface area (Å²) in [6.07, 6.45) is 11.5. The molecule has 1 rings (SSSR count). The molecule has 1 aliphatic rings. The summed E-state index contributed by atoms with van der Waals surface area (Å²) in [4.78, 5) is 23.0. The molecule has 0 aromatic heterocycles. The Balaban J connectivity index is 2.13. The van der Waals surface area contributed by atoms with Gasteiger partial charge in [-0.15, -0.1) is 6.42 Å². The van der Waals surface area contributed by atoms with Crippen LogP contribution in [0.25, 0.3) is 0 Å². The first-order valence-electron chi connectivity index (χ1n) is 7.38. The topological polar surface area (TPSA) is 70.2 Å². The summed E-state index contributed by atoms with van der Waals surface area (Å²) in [5.74, 6) is 2.76. The quantitative estimate of drug-likeness (QED) is 0.643. The molecule has 5 heteroatoms. The fourth-order valence-electron chi connectivity index (χ4n) is 2.54. The zero-order chi connectivity index (χ0) is 14.8. The molecule has 5 nitrogen and oxygen atoms in total. The van der Waals surface area contributed by atoms with Gasteiger partial charge < -0.3 is 16.0 Å². The molecule has 112 valence electrons. The lowest BCUT2D eigenvalue weighted by Gasteiger charge is -2.28. The lowest BCUT2D eigenvalue weighted by molar-refractivity contribution is -0.120. The van der Waals surface area contributed by atoms with Gasteiger partial charge in [0.25, 0.3) is 0 Å². The number of hydrogen-bond acceptors (Lipinski definition) is 2. The number of carbonyl (C=O) groups is 2. The van der Waals surface area contributed by atoms with Crippen molar-refractivity contribution in [2.45, 2.75) is 51.5 Å². The normalized spacial score (nSPS) is 16.8. The lowest BCUT2D eigenvalue weighted by Crippen LogP contribution is -2.45. The molecule has 1 fully saturated rings. The second-order valence-corrected chi connectivity index (χ2v) is 5.32. The van der Waals surface area contributed by atoms with Crippen molar-refractivity contribution in [3.8, 4) is 12.3 Å². The molecule has 20 heavy (non-hydrogen) atoms. The van der Waals surface area contributed by atoms with Gasteiger partial charge in [0.1, 0.15) is 0 Å². The van der Waals surface area contributed by atoms with Crippen LogP contribution in [0.1, 0.15) is 45.4 Å². The van der Waals surface area contributed by atoms with Crippen LogP contribution in [0.4, 0.5) is 4.79 Å². The van der Waals surface area contributed by atoms with Gasteiger partial charge in [0.15, 0.2) is 0 Å². The first-order chi connectivity index (χ1) is 9.63. The second-order valence-electron chi connectivity index (χ2n) is 5.32. The van der Waals surface area contributed by atoms with Gasteiger partial charge in [-0.2, -0.15) is 0 Å². The van der Waals surface area contributed by atoms with Crippen LogP contribution in [0.2, 0.25) is 0 Å². The summed E-state index contributed by atoms with van der Waals surface area (Å²) < 4.78 is 0. The maximum Gasteiger partial charge on any atom is 0.315 e. The highest BCUT2D eigenvalue weighted by molar-refractivity contribution is 5.78. The van der Waals surface area contributed by atoms with Crippen molar-refractivity contribution in [2.75, 3.05) is 13.1 Å². The van der Waals surface area contributed by atoms with Crippen molar-refractivity contribution in [3.63, 3.8) is 0 Å². The third kappa shape index (κ3) is 6.46. The average molecular weight is 279 g/mol. The zero-order valence-corrected chi connectivity index (χ0v) is 12.2. The van der Waals surface area contributed by atoms with Crippen LogP contribution in [0.5, 0.6) is 0 Å². The minimum Gasteiger partial charge on any atom is -0.345 e. The van der Waals surface area contributed by atoms with Crippen LogP contribution >= 0.6 is 0 Å². The van der Waals surface area contributed by atoms with E-state index in [9.17, 15) is 9.59 Å².